The lowest BCUT2D eigenvalue weighted by Gasteiger charge is -2.30. The van der Waals surface area contributed by atoms with E-state index in [9.17, 15) is 4.79 Å². The summed E-state index contributed by atoms with van der Waals surface area (Å²) in [5, 5.41) is 3.20. The molecular formula is C14H26N2O. The van der Waals surface area contributed by atoms with Gasteiger partial charge in [-0.15, -0.1) is 0 Å². The summed E-state index contributed by atoms with van der Waals surface area (Å²) in [6, 6.07) is 0.415. The van der Waals surface area contributed by atoms with Crippen molar-refractivity contribution >= 4 is 5.91 Å². The molecule has 0 aliphatic heterocycles. The second-order valence-corrected chi connectivity index (χ2v) is 5.90. The Kier molecular flexibility index (Phi) is 4.43. The van der Waals surface area contributed by atoms with Gasteiger partial charge in [-0.3, -0.25) is 4.79 Å². The monoisotopic (exact) mass is 238 g/mol. The van der Waals surface area contributed by atoms with E-state index in [-0.39, 0.29) is 17.9 Å². The Morgan fingerprint density at radius 3 is 2.35 bits per heavy atom. The van der Waals surface area contributed by atoms with E-state index in [0.29, 0.717) is 12.0 Å². The van der Waals surface area contributed by atoms with Crippen LogP contribution >= 0.6 is 0 Å². The first-order valence-electron chi connectivity index (χ1n) is 7.24. The third-order valence-corrected chi connectivity index (χ3v) is 4.63. The van der Waals surface area contributed by atoms with Crippen molar-refractivity contribution in [3.05, 3.63) is 0 Å². The average Bonchev–Trinajstić information content (AvgIpc) is 2.82. The van der Waals surface area contributed by atoms with Crippen LogP contribution in [0.1, 0.15) is 58.3 Å². The Morgan fingerprint density at radius 1 is 1.12 bits per heavy atom. The van der Waals surface area contributed by atoms with Crippen LogP contribution < -0.4 is 11.1 Å². The highest BCUT2D eigenvalue weighted by molar-refractivity contribution is 5.79. The maximum absolute atomic E-state index is 12.2. The summed E-state index contributed by atoms with van der Waals surface area (Å²) in [4.78, 5) is 12.2. The minimum Gasteiger partial charge on any atom is -0.353 e. The number of carbonyl (C=O) groups is 1. The quantitative estimate of drug-likeness (QED) is 0.792. The smallest absolute Gasteiger partial charge is 0.224 e. The number of nitrogens with one attached hydrogen (secondary N) is 1. The van der Waals surface area contributed by atoms with E-state index in [1.807, 2.05) is 0 Å². The van der Waals surface area contributed by atoms with E-state index in [1.54, 1.807) is 0 Å². The van der Waals surface area contributed by atoms with Gasteiger partial charge in [0.1, 0.15) is 0 Å². The number of hydrogen-bond acceptors (Lipinski definition) is 2. The van der Waals surface area contributed by atoms with Gasteiger partial charge in [-0.1, -0.05) is 25.7 Å². The fraction of sp³-hybridized carbons (Fsp3) is 0.929. The van der Waals surface area contributed by atoms with Crippen molar-refractivity contribution in [3.63, 3.8) is 0 Å². The van der Waals surface area contributed by atoms with Crippen LogP contribution in [0, 0.1) is 11.8 Å². The zero-order chi connectivity index (χ0) is 12.3. The zero-order valence-corrected chi connectivity index (χ0v) is 11.0. The van der Waals surface area contributed by atoms with Crippen molar-refractivity contribution in [1.82, 2.24) is 5.32 Å². The average molecular weight is 238 g/mol. The van der Waals surface area contributed by atoms with E-state index in [1.165, 1.54) is 32.1 Å². The molecule has 2 rings (SSSR count). The molecule has 0 heterocycles. The molecule has 2 fully saturated rings. The molecule has 3 nitrogen and oxygen atoms in total. The molecule has 3 N–H and O–H groups in total. The zero-order valence-electron chi connectivity index (χ0n) is 11.0. The minimum absolute atomic E-state index is 0.0626. The van der Waals surface area contributed by atoms with Gasteiger partial charge in [-0.25, -0.2) is 0 Å². The van der Waals surface area contributed by atoms with Crippen molar-refractivity contribution in [2.75, 3.05) is 0 Å². The SMILES string of the molecule is C[C@H](NC(=O)C1CCCCC1N)C1CCCC1. The summed E-state index contributed by atoms with van der Waals surface area (Å²) < 4.78 is 0. The predicted molar refractivity (Wildman–Crippen MR) is 69.5 cm³/mol. The molecule has 0 saturated heterocycles. The second kappa shape index (κ2) is 5.85. The Hall–Kier alpha value is -0.570. The van der Waals surface area contributed by atoms with Crippen molar-refractivity contribution in [1.29, 1.82) is 0 Å². The van der Waals surface area contributed by atoms with Crippen molar-refractivity contribution in [2.24, 2.45) is 17.6 Å². The van der Waals surface area contributed by atoms with E-state index < -0.39 is 0 Å². The minimum atomic E-state index is 0.0626. The lowest BCUT2D eigenvalue weighted by Crippen LogP contribution is -2.47. The molecule has 98 valence electrons. The summed E-state index contributed by atoms with van der Waals surface area (Å²) in [7, 11) is 0. The molecule has 0 aromatic carbocycles. The molecule has 0 aromatic rings. The van der Waals surface area contributed by atoms with E-state index in [4.69, 9.17) is 5.73 Å². The Balaban J connectivity index is 1.82. The summed E-state index contributed by atoms with van der Waals surface area (Å²) >= 11 is 0. The highest BCUT2D eigenvalue weighted by Crippen LogP contribution is 2.28. The maximum Gasteiger partial charge on any atom is 0.224 e. The van der Waals surface area contributed by atoms with Crippen LogP contribution in [0.4, 0.5) is 0 Å². The summed E-state index contributed by atoms with van der Waals surface area (Å²) in [6.07, 6.45) is 9.53. The van der Waals surface area contributed by atoms with Crippen LogP contribution in [-0.4, -0.2) is 18.0 Å². The van der Waals surface area contributed by atoms with E-state index in [0.717, 1.165) is 19.3 Å². The first-order valence-corrected chi connectivity index (χ1v) is 7.24. The highest BCUT2D eigenvalue weighted by Gasteiger charge is 2.30. The molecule has 0 spiro atoms. The number of carbonyl (C=O) groups excluding carboxylic acids is 1. The van der Waals surface area contributed by atoms with Crippen molar-refractivity contribution < 1.29 is 4.79 Å². The Labute approximate surface area is 105 Å². The first-order chi connectivity index (χ1) is 8.18. The van der Waals surface area contributed by atoms with Crippen LogP contribution in [-0.2, 0) is 4.79 Å². The molecule has 3 atom stereocenters. The molecule has 17 heavy (non-hydrogen) atoms. The topological polar surface area (TPSA) is 55.1 Å². The Morgan fingerprint density at radius 2 is 1.71 bits per heavy atom. The maximum atomic E-state index is 12.2. The summed E-state index contributed by atoms with van der Waals surface area (Å²) in [6.45, 7) is 2.15. The third-order valence-electron chi connectivity index (χ3n) is 4.63. The fourth-order valence-electron chi connectivity index (χ4n) is 3.39. The number of nitrogens with two attached hydrogens (primary N) is 1. The van der Waals surface area contributed by atoms with Crippen LogP contribution in [0.25, 0.3) is 0 Å². The Bertz CT molecular complexity index is 261. The van der Waals surface area contributed by atoms with Crippen LogP contribution in [0.5, 0.6) is 0 Å². The van der Waals surface area contributed by atoms with Gasteiger partial charge < -0.3 is 11.1 Å². The van der Waals surface area contributed by atoms with Gasteiger partial charge >= 0.3 is 0 Å². The molecule has 2 saturated carbocycles. The highest BCUT2D eigenvalue weighted by atomic mass is 16.2. The van der Waals surface area contributed by atoms with Gasteiger partial charge in [0.15, 0.2) is 0 Å². The molecule has 2 aliphatic rings. The van der Waals surface area contributed by atoms with Gasteiger partial charge in [0.25, 0.3) is 0 Å². The van der Waals surface area contributed by atoms with Gasteiger partial charge in [-0.05, 0) is 38.5 Å². The number of rotatable bonds is 3. The second-order valence-electron chi connectivity index (χ2n) is 5.90. The van der Waals surface area contributed by atoms with Crippen molar-refractivity contribution in [2.45, 2.75) is 70.4 Å². The van der Waals surface area contributed by atoms with Gasteiger partial charge in [0.05, 0.1) is 5.92 Å². The number of amides is 1. The lowest BCUT2D eigenvalue weighted by molar-refractivity contribution is -0.127. The largest absolute Gasteiger partial charge is 0.353 e. The molecule has 1 amide bonds. The lowest BCUT2D eigenvalue weighted by atomic mass is 9.84. The van der Waals surface area contributed by atoms with Crippen LogP contribution in [0.3, 0.4) is 0 Å². The van der Waals surface area contributed by atoms with E-state index >= 15 is 0 Å². The van der Waals surface area contributed by atoms with Gasteiger partial charge in [0, 0.05) is 12.1 Å². The molecule has 0 aromatic heterocycles. The van der Waals surface area contributed by atoms with Crippen molar-refractivity contribution in [3.8, 4) is 0 Å². The molecule has 3 heteroatoms. The molecule has 0 radical (unpaired) electrons. The molecule has 0 bridgehead atoms. The fourth-order valence-corrected chi connectivity index (χ4v) is 3.39. The third kappa shape index (κ3) is 3.21. The van der Waals surface area contributed by atoms with Crippen LogP contribution in [0.2, 0.25) is 0 Å². The number of hydrogen-bond donors (Lipinski definition) is 2. The summed E-state index contributed by atoms with van der Waals surface area (Å²) in [5.74, 6) is 0.961. The van der Waals surface area contributed by atoms with Gasteiger partial charge in [0.2, 0.25) is 5.91 Å². The normalized spacial score (nSPS) is 32.4. The molecule has 2 aliphatic carbocycles. The van der Waals surface area contributed by atoms with Gasteiger partial charge in [-0.2, -0.15) is 0 Å². The van der Waals surface area contributed by atoms with E-state index in [2.05, 4.69) is 12.2 Å². The molecular weight excluding hydrogens is 212 g/mol. The first kappa shape index (κ1) is 12.9. The predicted octanol–water partition coefficient (Wildman–Crippen LogP) is 2.20. The molecule has 2 unspecified atom stereocenters. The van der Waals surface area contributed by atoms with Crippen LogP contribution in [0.15, 0.2) is 0 Å². The summed E-state index contributed by atoms with van der Waals surface area (Å²) in [5.41, 5.74) is 6.05. The standard InChI is InChI=1S/C14H26N2O/c1-10(11-6-2-3-7-11)16-14(17)12-8-4-5-9-13(12)15/h10-13H,2-9,15H2,1H3,(H,16,17)/t10-,12?,13?/m0/s1.